The van der Waals surface area contributed by atoms with Crippen LogP contribution in [-0.2, 0) is 11.3 Å². The number of nitrogens with one attached hydrogen (secondary N) is 1. The van der Waals surface area contributed by atoms with Crippen LogP contribution in [0, 0.1) is 0 Å². The van der Waals surface area contributed by atoms with Gasteiger partial charge in [0.15, 0.2) is 5.13 Å². The van der Waals surface area contributed by atoms with Gasteiger partial charge in [0.2, 0.25) is 0 Å². The lowest BCUT2D eigenvalue weighted by Crippen LogP contribution is -2.22. The van der Waals surface area contributed by atoms with Crippen LogP contribution in [0.3, 0.4) is 0 Å². The Kier molecular flexibility index (Phi) is 6.47. The number of nitrogens with zero attached hydrogens (tertiary/aromatic N) is 2. The van der Waals surface area contributed by atoms with Gasteiger partial charge >= 0.3 is 0 Å². The fraction of sp³-hybridized carbons (Fsp3) is 0.750. The largest absolute Gasteiger partial charge is 0.380 e. The molecule has 0 unspecified atom stereocenters. The molecule has 1 aromatic heterocycles. The third kappa shape index (κ3) is 5.48. The molecule has 17 heavy (non-hydrogen) atoms. The van der Waals surface area contributed by atoms with E-state index in [1.54, 1.807) is 11.3 Å². The SMILES string of the molecule is CCOCCN(C)c1ncc(CNC(C)C)s1. The lowest BCUT2D eigenvalue weighted by Gasteiger charge is -2.15. The van der Waals surface area contributed by atoms with Crippen molar-refractivity contribution in [3.8, 4) is 0 Å². The van der Waals surface area contributed by atoms with Crippen molar-refractivity contribution < 1.29 is 4.74 Å². The van der Waals surface area contributed by atoms with Crippen LogP contribution in [0.5, 0.6) is 0 Å². The summed E-state index contributed by atoms with van der Waals surface area (Å²) in [5.41, 5.74) is 0. The average molecular weight is 257 g/mol. The molecule has 0 spiro atoms. The van der Waals surface area contributed by atoms with Gasteiger partial charge in [0.05, 0.1) is 6.61 Å². The van der Waals surface area contributed by atoms with Crippen molar-refractivity contribution in [3.63, 3.8) is 0 Å². The lowest BCUT2D eigenvalue weighted by atomic mass is 10.4. The Labute approximate surface area is 108 Å². The van der Waals surface area contributed by atoms with Crippen LogP contribution in [0.25, 0.3) is 0 Å². The second-order valence-electron chi connectivity index (χ2n) is 4.26. The number of aromatic nitrogens is 1. The van der Waals surface area contributed by atoms with Gasteiger partial charge in [-0.15, -0.1) is 11.3 Å². The highest BCUT2D eigenvalue weighted by atomic mass is 32.1. The van der Waals surface area contributed by atoms with Crippen LogP contribution in [0.4, 0.5) is 5.13 Å². The quantitative estimate of drug-likeness (QED) is 0.724. The summed E-state index contributed by atoms with van der Waals surface area (Å²) in [5, 5.41) is 4.45. The standard InChI is InChI=1S/C12H23N3OS/c1-5-16-7-6-15(4)12-14-9-11(17-12)8-13-10(2)3/h9-10,13H,5-8H2,1-4H3. The number of likely N-dealkylation sites (N-methyl/N-ethyl adjacent to an activating group) is 1. The molecule has 0 atom stereocenters. The maximum absolute atomic E-state index is 5.33. The van der Waals surface area contributed by atoms with E-state index < -0.39 is 0 Å². The van der Waals surface area contributed by atoms with Gasteiger partial charge in [0.1, 0.15) is 0 Å². The van der Waals surface area contributed by atoms with Gasteiger partial charge in [0, 0.05) is 43.9 Å². The van der Waals surface area contributed by atoms with Crippen LogP contribution in [-0.4, -0.2) is 37.8 Å². The zero-order chi connectivity index (χ0) is 12.7. The summed E-state index contributed by atoms with van der Waals surface area (Å²) in [6.07, 6.45) is 1.95. The Bertz CT molecular complexity index is 314. The first-order chi connectivity index (χ1) is 8.13. The summed E-state index contributed by atoms with van der Waals surface area (Å²) in [6.45, 7) is 9.62. The van der Waals surface area contributed by atoms with Crippen LogP contribution < -0.4 is 10.2 Å². The second-order valence-corrected chi connectivity index (χ2v) is 5.36. The highest BCUT2D eigenvalue weighted by Gasteiger charge is 2.07. The van der Waals surface area contributed by atoms with E-state index in [1.165, 1.54) is 4.88 Å². The van der Waals surface area contributed by atoms with E-state index in [2.05, 4.69) is 36.1 Å². The molecule has 0 amide bonds. The summed E-state index contributed by atoms with van der Waals surface area (Å²) in [5.74, 6) is 0. The zero-order valence-electron chi connectivity index (χ0n) is 11.2. The summed E-state index contributed by atoms with van der Waals surface area (Å²) < 4.78 is 5.33. The maximum Gasteiger partial charge on any atom is 0.185 e. The normalized spacial score (nSPS) is 11.1. The lowest BCUT2D eigenvalue weighted by molar-refractivity contribution is 0.154. The molecule has 0 fully saturated rings. The molecule has 0 saturated heterocycles. The third-order valence-electron chi connectivity index (χ3n) is 2.33. The van der Waals surface area contributed by atoms with Crippen molar-refractivity contribution in [2.75, 3.05) is 31.7 Å². The molecule has 0 aliphatic carbocycles. The highest BCUT2D eigenvalue weighted by molar-refractivity contribution is 7.15. The summed E-state index contributed by atoms with van der Waals surface area (Å²) in [6, 6.07) is 0.510. The Morgan fingerprint density at radius 2 is 2.29 bits per heavy atom. The predicted molar refractivity (Wildman–Crippen MR) is 73.9 cm³/mol. The number of hydrogen-bond acceptors (Lipinski definition) is 5. The van der Waals surface area contributed by atoms with E-state index in [4.69, 9.17) is 4.74 Å². The van der Waals surface area contributed by atoms with E-state index >= 15 is 0 Å². The fourth-order valence-corrected chi connectivity index (χ4v) is 2.15. The molecule has 5 heteroatoms. The molecule has 0 aliphatic rings. The van der Waals surface area contributed by atoms with E-state index in [0.29, 0.717) is 6.04 Å². The van der Waals surface area contributed by atoms with Gasteiger partial charge in [-0.2, -0.15) is 0 Å². The van der Waals surface area contributed by atoms with Crippen molar-refractivity contribution in [2.45, 2.75) is 33.4 Å². The molecular weight excluding hydrogens is 234 g/mol. The number of hydrogen-bond donors (Lipinski definition) is 1. The summed E-state index contributed by atoms with van der Waals surface area (Å²) >= 11 is 1.74. The van der Waals surface area contributed by atoms with E-state index in [9.17, 15) is 0 Å². The molecule has 0 bridgehead atoms. The molecule has 4 nitrogen and oxygen atoms in total. The molecule has 1 N–H and O–H groups in total. The smallest absolute Gasteiger partial charge is 0.185 e. The van der Waals surface area contributed by atoms with Crippen LogP contribution in [0.2, 0.25) is 0 Å². The highest BCUT2D eigenvalue weighted by Crippen LogP contribution is 2.21. The summed E-state index contributed by atoms with van der Waals surface area (Å²) in [4.78, 5) is 7.83. The van der Waals surface area contributed by atoms with Gasteiger partial charge in [-0.05, 0) is 6.92 Å². The van der Waals surface area contributed by atoms with Gasteiger partial charge in [0.25, 0.3) is 0 Å². The molecule has 1 rings (SSSR count). The first-order valence-corrected chi connectivity index (χ1v) is 6.92. The molecule has 1 aromatic rings. The zero-order valence-corrected chi connectivity index (χ0v) is 12.0. The predicted octanol–water partition coefficient (Wildman–Crippen LogP) is 2.11. The first-order valence-electron chi connectivity index (χ1n) is 6.10. The molecule has 0 radical (unpaired) electrons. The number of thiazole rings is 1. The Morgan fingerprint density at radius 1 is 1.53 bits per heavy atom. The third-order valence-corrected chi connectivity index (χ3v) is 3.44. The Hall–Kier alpha value is -0.650. The molecule has 1 heterocycles. The Balaban J connectivity index is 2.38. The average Bonchev–Trinajstić information content (AvgIpc) is 2.75. The first kappa shape index (κ1) is 14.4. The van der Waals surface area contributed by atoms with Crippen LogP contribution in [0.15, 0.2) is 6.20 Å². The van der Waals surface area contributed by atoms with Crippen molar-refractivity contribution in [3.05, 3.63) is 11.1 Å². The van der Waals surface area contributed by atoms with Crippen molar-refractivity contribution in [1.82, 2.24) is 10.3 Å². The number of ether oxygens (including phenoxy) is 1. The molecule has 0 aromatic carbocycles. The minimum Gasteiger partial charge on any atom is -0.380 e. The number of anilines is 1. The maximum atomic E-state index is 5.33. The second kappa shape index (κ2) is 7.63. The minimum atomic E-state index is 0.510. The fourth-order valence-electron chi connectivity index (χ4n) is 1.30. The van der Waals surface area contributed by atoms with Crippen LogP contribution >= 0.6 is 11.3 Å². The number of rotatable bonds is 8. The molecule has 0 saturated carbocycles. The van der Waals surface area contributed by atoms with Gasteiger partial charge in [-0.1, -0.05) is 13.8 Å². The monoisotopic (exact) mass is 257 g/mol. The van der Waals surface area contributed by atoms with Crippen molar-refractivity contribution in [2.24, 2.45) is 0 Å². The van der Waals surface area contributed by atoms with E-state index in [1.807, 2.05) is 13.1 Å². The van der Waals surface area contributed by atoms with E-state index in [0.717, 1.165) is 31.4 Å². The van der Waals surface area contributed by atoms with Gasteiger partial charge in [-0.25, -0.2) is 4.98 Å². The topological polar surface area (TPSA) is 37.4 Å². The molecule has 98 valence electrons. The van der Waals surface area contributed by atoms with Gasteiger partial charge in [-0.3, -0.25) is 0 Å². The molecular formula is C12H23N3OS. The molecule has 0 aliphatic heterocycles. The Morgan fingerprint density at radius 3 is 2.94 bits per heavy atom. The van der Waals surface area contributed by atoms with Crippen molar-refractivity contribution in [1.29, 1.82) is 0 Å². The van der Waals surface area contributed by atoms with Crippen molar-refractivity contribution >= 4 is 16.5 Å². The summed E-state index contributed by atoms with van der Waals surface area (Å²) in [7, 11) is 2.05. The van der Waals surface area contributed by atoms with E-state index in [-0.39, 0.29) is 0 Å². The van der Waals surface area contributed by atoms with Crippen LogP contribution in [0.1, 0.15) is 25.6 Å². The minimum absolute atomic E-state index is 0.510. The van der Waals surface area contributed by atoms with Gasteiger partial charge < -0.3 is 15.0 Å².